The molecule has 2 aliphatic carbocycles. The first-order valence-corrected chi connectivity index (χ1v) is 7.71. The Balaban J connectivity index is 1.91. The van der Waals surface area contributed by atoms with Gasteiger partial charge < -0.3 is 14.2 Å². The zero-order chi connectivity index (χ0) is 13.9. The highest BCUT2D eigenvalue weighted by molar-refractivity contribution is 4.92. The number of hydrogen-bond acceptors (Lipinski definition) is 3. The minimum atomic E-state index is -0.00860. The molecule has 0 radical (unpaired) electrons. The Morgan fingerprint density at radius 3 is 2.11 bits per heavy atom. The molecule has 3 heteroatoms. The lowest BCUT2D eigenvalue weighted by atomic mass is 9.79. The fourth-order valence-corrected chi connectivity index (χ4v) is 3.86. The molecule has 2 saturated carbocycles. The summed E-state index contributed by atoms with van der Waals surface area (Å²) in [5.41, 5.74) is -0.00860. The van der Waals surface area contributed by atoms with Crippen LogP contribution in [0.4, 0.5) is 0 Å². The van der Waals surface area contributed by atoms with Crippen LogP contribution in [0, 0.1) is 23.2 Å². The summed E-state index contributed by atoms with van der Waals surface area (Å²) >= 11 is 0. The van der Waals surface area contributed by atoms with E-state index in [4.69, 9.17) is 14.2 Å². The van der Waals surface area contributed by atoms with E-state index in [1.165, 1.54) is 25.7 Å². The van der Waals surface area contributed by atoms with Crippen LogP contribution in [0.15, 0.2) is 0 Å². The average Bonchev–Trinajstić information content (AvgIpc) is 2.98. The molecular weight excluding hydrogens is 240 g/mol. The Morgan fingerprint density at radius 2 is 1.68 bits per heavy atom. The van der Waals surface area contributed by atoms with E-state index in [0.29, 0.717) is 25.2 Å². The molecule has 0 amide bonds. The summed E-state index contributed by atoms with van der Waals surface area (Å²) in [4.78, 5) is 0. The molecule has 0 heterocycles. The normalized spacial score (nSPS) is 30.5. The van der Waals surface area contributed by atoms with Crippen molar-refractivity contribution in [3.8, 4) is 0 Å². The van der Waals surface area contributed by atoms with Crippen LogP contribution in [-0.2, 0) is 14.2 Å². The zero-order valence-electron chi connectivity index (χ0n) is 13.0. The molecule has 3 nitrogen and oxygen atoms in total. The van der Waals surface area contributed by atoms with E-state index in [1.807, 2.05) is 0 Å². The van der Waals surface area contributed by atoms with Gasteiger partial charge in [-0.25, -0.2) is 0 Å². The Hall–Kier alpha value is -0.120. The van der Waals surface area contributed by atoms with Crippen molar-refractivity contribution < 1.29 is 14.2 Å². The maximum absolute atomic E-state index is 6.31. The number of ether oxygens (including phenoxy) is 3. The molecule has 0 aliphatic heterocycles. The summed E-state index contributed by atoms with van der Waals surface area (Å²) in [5, 5.41) is 0. The minimum absolute atomic E-state index is 0.00860. The predicted octanol–water partition coefficient (Wildman–Crippen LogP) is 3.13. The van der Waals surface area contributed by atoms with Crippen molar-refractivity contribution >= 4 is 0 Å². The van der Waals surface area contributed by atoms with Crippen molar-refractivity contribution in [1.29, 1.82) is 0 Å². The van der Waals surface area contributed by atoms with Crippen LogP contribution in [0.1, 0.15) is 39.5 Å². The number of rotatable bonds is 8. The number of hydrogen-bond donors (Lipinski definition) is 0. The molecule has 0 aromatic carbocycles. The summed E-state index contributed by atoms with van der Waals surface area (Å²) in [7, 11) is 3.54. The third-order valence-corrected chi connectivity index (χ3v) is 5.35. The third kappa shape index (κ3) is 3.32. The van der Waals surface area contributed by atoms with Crippen LogP contribution in [0.25, 0.3) is 0 Å². The van der Waals surface area contributed by atoms with Gasteiger partial charge in [-0.3, -0.25) is 0 Å². The van der Waals surface area contributed by atoms with Crippen LogP contribution in [0.5, 0.6) is 0 Å². The first-order chi connectivity index (χ1) is 9.11. The Bertz CT molecular complexity index is 271. The molecule has 2 fully saturated rings. The smallest absolute Gasteiger partial charge is 0.0606 e. The molecular formula is C16H30O3. The van der Waals surface area contributed by atoms with Crippen LogP contribution in [0.3, 0.4) is 0 Å². The van der Waals surface area contributed by atoms with Crippen molar-refractivity contribution in [1.82, 2.24) is 0 Å². The van der Waals surface area contributed by atoms with Crippen molar-refractivity contribution in [2.75, 3.05) is 34.0 Å². The van der Waals surface area contributed by atoms with Gasteiger partial charge in [0.15, 0.2) is 0 Å². The largest absolute Gasteiger partial charge is 0.384 e. The van der Waals surface area contributed by atoms with E-state index in [-0.39, 0.29) is 5.41 Å². The first-order valence-electron chi connectivity index (χ1n) is 7.71. The van der Waals surface area contributed by atoms with E-state index < -0.39 is 0 Å². The second-order valence-electron chi connectivity index (χ2n) is 6.91. The van der Waals surface area contributed by atoms with Gasteiger partial charge in [0, 0.05) is 19.6 Å². The minimum Gasteiger partial charge on any atom is -0.384 e. The van der Waals surface area contributed by atoms with Crippen LogP contribution >= 0.6 is 0 Å². The topological polar surface area (TPSA) is 27.7 Å². The standard InChI is InChI=1S/C16H30O3/c1-12(2)16(9-17-3,10-18-4)11-19-15-8-13-5-6-14(15)7-13/h12-15H,5-11H2,1-4H3. The molecule has 2 bridgehead atoms. The number of fused-ring (bicyclic) bond motifs is 2. The van der Waals surface area contributed by atoms with Crippen LogP contribution in [-0.4, -0.2) is 40.1 Å². The van der Waals surface area contributed by atoms with Crippen molar-refractivity contribution in [2.24, 2.45) is 23.2 Å². The molecule has 3 atom stereocenters. The lowest BCUT2D eigenvalue weighted by Crippen LogP contribution is -2.43. The second-order valence-corrected chi connectivity index (χ2v) is 6.91. The van der Waals surface area contributed by atoms with Gasteiger partial charge in [0.2, 0.25) is 0 Å². The third-order valence-electron chi connectivity index (χ3n) is 5.35. The lowest BCUT2D eigenvalue weighted by Gasteiger charge is -2.38. The molecule has 19 heavy (non-hydrogen) atoms. The van der Waals surface area contributed by atoms with Gasteiger partial charge >= 0.3 is 0 Å². The highest BCUT2D eigenvalue weighted by atomic mass is 16.5. The Morgan fingerprint density at radius 1 is 1.00 bits per heavy atom. The fourth-order valence-electron chi connectivity index (χ4n) is 3.86. The molecule has 112 valence electrons. The van der Waals surface area contributed by atoms with E-state index in [1.54, 1.807) is 14.2 Å². The molecule has 0 saturated heterocycles. The van der Waals surface area contributed by atoms with Crippen molar-refractivity contribution in [3.05, 3.63) is 0 Å². The predicted molar refractivity (Wildman–Crippen MR) is 76.2 cm³/mol. The summed E-state index contributed by atoms with van der Waals surface area (Å²) in [6.45, 7) is 6.66. The van der Waals surface area contributed by atoms with Gasteiger partial charge in [-0.2, -0.15) is 0 Å². The Labute approximate surface area is 118 Å². The van der Waals surface area contributed by atoms with Crippen molar-refractivity contribution in [3.63, 3.8) is 0 Å². The van der Waals surface area contributed by atoms with Gasteiger partial charge in [0.25, 0.3) is 0 Å². The average molecular weight is 270 g/mol. The van der Waals surface area contributed by atoms with Crippen molar-refractivity contribution in [2.45, 2.75) is 45.6 Å². The summed E-state index contributed by atoms with van der Waals surface area (Å²) in [6.07, 6.45) is 5.96. The van der Waals surface area contributed by atoms with Crippen LogP contribution < -0.4 is 0 Å². The SMILES string of the molecule is COCC(COC)(COC1CC2CCC1C2)C(C)C. The van der Waals surface area contributed by atoms with Gasteiger partial charge in [0.05, 0.1) is 25.9 Å². The highest BCUT2D eigenvalue weighted by Gasteiger charge is 2.42. The Kier molecular flexibility index (Phi) is 5.27. The summed E-state index contributed by atoms with van der Waals surface area (Å²) < 4.78 is 17.2. The first kappa shape index (κ1) is 15.3. The molecule has 0 aromatic heterocycles. The molecule has 0 spiro atoms. The van der Waals surface area contributed by atoms with Gasteiger partial charge in [-0.15, -0.1) is 0 Å². The maximum Gasteiger partial charge on any atom is 0.0606 e. The van der Waals surface area contributed by atoms with E-state index >= 15 is 0 Å². The molecule has 0 aromatic rings. The number of methoxy groups -OCH3 is 2. The van der Waals surface area contributed by atoms with E-state index in [0.717, 1.165) is 18.4 Å². The highest BCUT2D eigenvalue weighted by Crippen LogP contribution is 2.46. The van der Waals surface area contributed by atoms with E-state index in [2.05, 4.69) is 13.8 Å². The molecule has 3 unspecified atom stereocenters. The van der Waals surface area contributed by atoms with Crippen LogP contribution in [0.2, 0.25) is 0 Å². The second kappa shape index (κ2) is 6.55. The summed E-state index contributed by atoms with van der Waals surface area (Å²) in [6, 6.07) is 0. The fraction of sp³-hybridized carbons (Fsp3) is 1.00. The molecule has 2 rings (SSSR count). The van der Waals surface area contributed by atoms with Gasteiger partial charge in [0.1, 0.15) is 0 Å². The maximum atomic E-state index is 6.31. The summed E-state index contributed by atoms with van der Waals surface area (Å²) in [5.74, 6) is 2.25. The van der Waals surface area contributed by atoms with Gasteiger partial charge in [-0.05, 0) is 43.4 Å². The molecule has 0 N–H and O–H groups in total. The quantitative estimate of drug-likeness (QED) is 0.678. The molecule has 2 aliphatic rings. The zero-order valence-corrected chi connectivity index (χ0v) is 13.0. The van der Waals surface area contributed by atoms with E-state index in [9.17, 15) is 0 Å². The van der Waals surface area contributed by atoms with Gasteiger partial charge in [-0.1, -0.05) is 13.8 Å². The lowest BCUT2D eigenvalue weighted by molar-refractivity contribution is -0.104. The monoisotopic (exact) mass is 270 g/mol.